The molecule has 2 aromatic carbocycles. The number of Topliss-reactive ketones (excluding diaryl/α,β-unsaturated/α-hetero) is 1. The Hall–Kier alpha value is -4.21. The number of hydrogen-bond donors (Lipinski definition) is 1. The molecular formula is C35H42N2O8. The highest BCUT2D eigenvalue weighted by molar-refractivity contribution is 6.15. The maximum atomic E-state index is 14.4. The van der Waals surface area contributed by atoms with Crippen LogP contribution in [0.2, 0.25) is 0 Å². The molecule has 0 radical (unpaired) electrons. The van der Waals surface area contributed by atoms with Crippen LogP contribution in [0.25, 0.3) is 0 Å². The third kappa shape index (κ3) is 6.19. The van der Waals surface area contributed by atoms with E-state index in [2.05, 4.69) is 11.9 Å². The molecule has 2 fully saturated rings. The van der Waals surface area contributed by atoms with Gasteiger partial charge in [-0.3, -0.25) is 9.59 Å². The first-order valence-electron chi connectivity index (χ1n) is 15.9. The highest BCUT2D eigenvalue weighted by atomic mass is 16.7. The van der Waals surface area contributed by atoms with Crippen LogP contribution in [0.15, 0.2) is 41.4 Å². The molecule has 1 aliphatic heterocycles. The number of nitrogens with zero attached hydrogens (tertiary/aromatic N) is 1. The van der Waals surface area contributed by atoms with Gasteiger partial charge in [-0.1, -0.05) is 45.1 Å². The zero-order valence-corrected chi connectivity index (χ0v) is 26.3. The fraction of sp³-hybridized carbons (Fsp3) is 0.514. The van der Waals surface area contributed by atoms with Gasteiger partial charge in [0.2, 0.25) is 12.5 Å². The van der Waals surface area contributed by atoms with Crippen molar-refractivity contribution in [2.75, 3.05) is 28.1 Å². The highest BCUT2D eigenvalue weighted by Gasteiger charge is 2.45. The zero-order chi connectivity index (χ0) is 31.5. The molecule has 0 bridgehead atoms. The average molecular weight is 619 g/mol. The number of rotatable bonds is 7. The zero-order valence-electron chi connectivity index (χ0n) is 26.3. The molecule has 0 saturated heterocycles. The summed E-state index contributed by atoms with van der Waals surface area (Å²) in [5, 5.41) is 3.46. The third-order valence-corrected chi connectivity index (χ3v) is 9.43. The lowest BCUT2D eigenvalue weighted by atomic mass is 9.69. The fourth-order valence-corrected chi connectivity index (χ4v) is 7.09. The van der Waals surface area contributed by atoms with Gasteiger partial charge in [0.15, 0.2) is 28.8 Å². The average Bonchev–Trinajstić information content (AvgIpc) is 3.53. The Morgan fingerprint density at radius 2 is 1.49 bits per heavy atom. The number of carbonyl (C=O) groups excluding carboxylic acids is 2. The fourth-order valence-electron chi connectivity index (χ4n) is 7.09. The van der Waals surface area contributed by atoms with E-state index in [1.807, 2.05) is 0 Å². The molecule has 2 saturated carbocycles. The Bertz CT molecular complexity index is 1460. The molecule has 1 N–H and O–H groups in total. The highest BCUT2D eigenvalue weighted by Crippen LogP contribution is 2.50. The van der Waals surface area contributed by atoms with Gasteiger partial charge in [0.05, 0.1) is 33.3 Å². The second kappa shape index (κ2) is 13.4. The van der Waals surface area contributed by atoms with Gasteiger partial charge in [-0.05, 0) is 61.1 Å². The summed E-state index contributed by atoms with van der Waals surface area (Å²) in [6.45, 7) is 4.20. The minimum absolute atomic E-state index is 0.0432. The predicted octanol–water partition coefficient (Wildman–Crippen LogP) is 6.10. The summed E-state index contributed by atoms with van der Waals surface area (Å²) in [5.41, 5.74) is 1.77. The molecule has 0 spiro atoms. The van der Waals surface area contributed by atoms with Crippen LogP contribution in [-0.4, -0.2) is 58.0 Å². The largest absolute Gasteiger partial charge is 0.493 e. The maximum absolute atomic E-state index is 14.4. The number of benzene rings is 2. The molecule has 0 aromatic heterocycles. The predicted molar refractivity (Wildman–Crippen MR) is 168 cm³/mol. The van der Waals surface area contributed by atoms with Crippen molar-refractivity contribution in [3.05, 3.63) is 53.1 Å². The van der Waals surface area contributed by atoms with Gasteiger partial charge in [0.25, 0.3) is 6.02 Å². The van der Waals surface area contributed by atoms with E-state index >= 15 is 0 Å². The Balaban J connectivity index is 1.43. The number of methoxy groups -OCH3 is 3. The summed E-state index contributed by atoms with van der Waals surface area (Å²) in [6, 6.07) is 7.52. The molecule has 240 valence electrons. The first-order valence-corrected chi connectivity index (χ1v) is 15.9. The van der Waals surface area contributed by atoms with Gasteiger partial charge in [-0.15, -0.1) is 0 Å². The third-order valence-electron chi connectivity index (χ3n) is 9.43. The van der Waals surface area contributed by atoms with Gasteiger partial charge in [-0.2, -0.15) is 0 Å². The number of carbonyl (C=O) groups is 2. The van der Waals surface area contributed by atoms with Crippen molar-refractivity contribution in [2.45, 2.75) is 82.2 Å². The van der Waals surface area contributed by atoms with E-state index in [4.69, 9.17) is 33.4 Å². The summed E-state index contributed by atoms with van der Waals surface area (Å²) < 4.78 is 34.4. The van der Waals surface area contributed by atoms with Crippen LogP contribution in [0.1, 0.15) is 91.6 Å². The number of esters is 1. The maximum Gasteiger partial charge on any atom is 0.322 e. The molecule has 45 heavy (non-hydrogen) atoms. The van der Waals surface area contributed by atoms with Gasteiger partial charge < -0.3 is 33.7 Å². The van der Waals surface area contributed by atoms with Crippen LogP contribution in [-0.2, 0) is 9.53 Å². The van der Waals surface area contributed by atoms with Crippen molar-refractivity contribution < 1.29 is 38.0 Å². The SMILES string of the molecule is C=C1C(=O)c2cc3c(cc2[C@@H](c2cc(OC)c(OC)c(OC)c2)[C@H]1C(=O)OC(=NC1CCCCC1)NC1CCCCC1)OCO3. The Morgan fingerprint density at radius 3 is 2.11 bits per heavy atom. The number of hydrogen-bond acceptors (Lipinski definition) is 9. The van der Waals surface area contributed by atoms with Crippen molar-refractivity contribution in [1.29, 1.82) is 0 Å². The van der Waals surface area contributed by atoms with E-state index < -0.39 is 17.8 Å². The number of ketones is 1. The monoisotopic (exact) mass is 618 g/mol. The Labute approximate surface area is 264 Å². The minimum Gasteiger partial charge on any atom is -0.493 e. The molecule has 0 unspecified atom stereocenters. The first kappa shape index (κ1) is 30.8. The summed E-state index contributed by atoms with van der Waals surface area (Å²) in [4.78, 5) is 33.2. The number of amidine groups is 1. The van der Waals surface area contributed by atoms with Crippen LogP contribution in [0.4, 0.5) is 0 Å². The lowest BCUT2D eigenvalue weighted by molar-refractivity contribution is -0.139. The van der Waals surface area contributed by atoms with Crippen molar-refractivity contribution in [3.63, 3.8) is 0 Å². The molecule has 1 heterocycles. The molecule has 2 atom stereocenters. The number of aliphatic imine (C=N–C) groups is 1. The van der Waals surface area contributed by atoms with E-state index in [1.54, 1.807) is 24.3 Å². The lowest BCUT2D eigenvalue weighted by Gasteiger charge is -2.34. The summed E-state index contributed by atoms with van der Waals surface area (Å²) in [7, 11) is 4.60. The van der Waals surface area contributed by atoms with Crippen molar-refractivity contribution in [3.8, 4) is 28.7 Å². The van der Waals surface area contributed by atoms with Crippen molar-refractivity contribution in [1.82, 2.24) is 5.32 Å². The lowest BCUT2D eigenvalue weighted by Crippen LogP contribution is -2.42. The standard InChI is InChI=1S/C35H42N2O8/c1-20-30(34(39)45-35(36-22-11-7-5-8-12-22)37-23-13-9-6-10-14-23)31(21-15-28(40-2)33(42-4)29(16-21)41-3)24-17-26-27(44-19-43-26)18-25(24)32(20)38/h15-18,22-23,30-31H,1,5-14,19H2,2-4H3,(H,36,37)/t30-,31+/m0/s1. The molecule has 2 aromatic rings. The molecule has 0 amide bonds. The molecule has 10 nitrogen and oxygen atoms in total. The van der Waals surface area contributed by atoms with Crippen LogP contribution in [0, 0.1) is 5.92 Å². The van der Waals surface area contributed by atoms with E-state index in [-0.39, 0.29) is 36.3 Å². The van der Waals surface area contributed by atoms with Crippen LogP contribution in [0.3, 0.4) is 0 Å². The molecular weight excluding hydrogens is 576 g/mol. The van der Waals surface area contributed by atoms with Crippen LogP contribution in [0.5, 0.6) is 28.7 Å². The molecule has 3 aliphatic carbocycles. The second-order valence-electron chi connectivity index (χ2n) is 12.2. The Morgan fingerprint density at radius 1 is 0.867 bits per heavy atom. The van der Waals surface area contributed by atoms with E-state index in [1.165, 1.54) is 34.2 Å². The van der Waals surface area contributed by atoms with Crippen LogP contribution < -0.4 is 29.0 Å². The Kier molecular flexibility index (Phi) is 9.19. The number of nitrogens with one attached hydrogen (secondary N) is 1. The van der Waals surface area contributed by atoms with Gasteiger partial charge in [0, 0.05) is 23.1 Å². The van der Waals surface area contributed by atoms with E-state index in [9.17, 15) is 9.59 Å². The first-order chi connectivity index (χ1) is 21.9. The molecule has 4 aliphatic rings. The second-order valence-corrected chi connectivity index (χ2v) is 12.2. The smallest absolute Gasteiger partial charge is 0.322 e. The summed E-state index contributed by atoms with van der Waals surface area (Å²) in [5.74, 6) is -0.476. The summed E-state index contributed by atoms with van der Waals surface area (Å²) >= 11 is 0. The van der Waals surface area contributed by atoms with Crippen molar-refractivity contribution in [2.24, 2.45) is 10.9 Å². The number of ether oxygens (including phenoxy) is 6. The molecule has 10 heteroatoms. The van der Waals surface area contributed by atoms with E-state index in [0.717, 1.165) is 51.4 Å². The van der Waals surface area contributed by atoms with Gasteiger partial charge in [0.1, 0.15) is 0 Å². The van der Waals surface area contributed by atoms with Gasteiger partial charge in [-0.25, -0.2) is 4.99 Å². The summed E-state index contributed by atoms with van der Waals surface area (Å²) in [6.07, 6.45) is 10.7. The molecule has 6 rings (SSSR count). The van der Waals surface area contributed by atoms with E-state index in [0.29, 0.717) is 45.4 Å². The minimum atomic E-state index is -1.06. The topological polar surface area (TPSA) is 114 Å². The van der Waals surface area contributed by atoms with Crippen LogP contribution >= 0.6 is 0 Å². The van der Waals surface area contributed by atoms with Gasteiger partial charge >= 0.3 is 5.97 Å². The quantitative estimate of drug-likeness (QED) is 0.170. The normalized spacial score (nSPS) is 22.1. The number of fused-ring (bicyclic) bond motifs is 2. The van der Waals surface area contributed by atoms with Crippen molar-refractivity contribution >= 4 is 17.8 Å².